The minimum atomic E-state index is 0.397. The van der Waals surface area contributed by atoms with Crippen molar-refractivity contribution in [1.29, 1.82) is 0 Å². The van der Waals surface area contributed by atoms with Gasteiger partial charge in [0.1, 0.15) is 0 Å². The van der Waals surface area contributed by atoms with E-state index in [4.69, 9.17) is 9.47 Å². The lowest BCUT2D eigenvalue weighted by atomic mass is 9.84. The number of hydrogen-bond donors (Lipinski definition) is 0. The van der Waals surface area contributed by atoms with Crippen LogP contribution in [0, 0.1) is 17.8 Å². The molecular weight excluding hydrogens is 200 g/mol. The Morgan fingerprint density at radius 1 is 1.19 bits per heavy atom. The number of rotatable bonds is 5. The van der Waals surface area contributed by atoms with Crippen LogP contribution in [0.1, 0.15) is 46.5 Å². The van der Waals surface area contributed by atoms with Crippen molar-refractivity contribution < 1.29 is 9.47 Å². The fourth-order valence-electron chi connectivity index (χ4n) is 2.94. The number of ether oxygens (including phenoxy) is 2. The molecular formula is C14H26O2. The minimum Gasteiger partial charge on any atom is -0.381 e. The van der Waals surface area contributed by atoms with E-state index >= 15 is 0 Å². The first-order chi connectivity index (χ1) is 7.66. The predicted octanol–water partition coefficient (Wildman–Crippen LogP) is 3.25. The summed E-state index contributed by atoms with van der Waals surface area (Å²) in [5, 5.41) is 0. The first kappa shape index (κ1) is 12.4. The van der Waals surface area contributed by atoms with Crippen molar-refractivity contribution in [2.75, 3.05) is 13.2 Å². The van der Waals surface area contributed by atoms with Crippen molar-refractivity contribution >= 4 is 0 Å². The van der Waals surface area contributed by atoms with Crippen LogP contribution >= 0.6 is 0 Å². The molecule has 3 atom stereocenters. The van der Waals surface area contributed by atoms with Crippen molar-refractivity contribution in [3.8, 4) is 0 Å². The van der Waals surface area contributed by atoms with E-state index in [-0.39, 0.29) is 0 Å². The van der Waals surface area contributed by atoms with Crippen LogP contribution in [0.4, 0.5) is 0 Å². The maximum Gasteiger partial charge on any atom is 0.0611 e. The molecule has 3 unspecified atom stereocenters. The summed E-state index contributed by atoms with van der Waals surface area (Å²) >= 11 is 0. The third-order valence-corrected chi connectivity index (χ3v) is 4.05. The molecule has 94 valence electrons. The molecule has 16 heavy (non-hydrogen) atoms. The van der Waals surface area contributed by atoms with Crippen LogP contribution in [0.15, 0.2) is 0 Å². The molecule has 0 spiro atoms. The van der Waals surface area contributed by atoms with Crippen LogP contribution in [-0.2, 0) is 9.47 Å². The SMILES string of the molecule is CC(C)OC1CC1CC(C)C1CCOCC1. The summed E-state index contributed by atoms with van der Waals surface area (Å²) in [6.45, 7) is 8.65. The normalized spacial score (nSPS) is 33.0. The molecule has 2 rings (SSSR count). The molecule has 1 saturated heterocycles. The lowest BCUT2D eigenvalue weighted by molar-refractivity contribution is 0.0381. The fraction of sp³-hybridized carbons (Fsp3) is 1.00. The second kappa shape index (κ2) is 5.50. The van der Waals surface area contributed by atoms with E-state index < -0.39 is 0 Å². The first-order valence-corrected chi connectivity index (χ1v) is 6.90. The highest BCUT2D eigenvalue weighted by molar-refractivity contribution is 4.90. The molecule has 1 heterocycles. The van der Waals surface area contributed by atoms with E-state index in [0.717, 1.165) is 31.0 Å². The van der Waals surface area contributed by atoms with Crippen LogP contribution in [0.25, 0.3) is 0 Å². The van der Waals surface area contributed by atoms with E-state index in [9.17, 15) is 0 Å². The molecule has 0 radical (unpaired) electrons. The molecule has 2 aliphatic rings. The van der Waals surface area contributed by atoms with Crippen LogP contribution in [0.5, 0.6) is 0 Å². The Balaban J connectivity index is 1.66. The standard InChI is InChI=1S/C14H26O2/c1-10(2)16-14-9-13(14)8-11(3)12-4-6-15-7-5-12/h10-14H,4-9H2,1-3H3. The van der Waals surface area contributed by atoms with Crippen LogP contribution in [-0.4, -0.2) is 25.4 Å². The third kappa shape index (κ3) is 3.46. The van der Waals surface area contributed by atoms with Gasteiger partial charge in [0.25, 0.3) is 0 Å². The zero-order valence-corrected chi connectivity index (χ0v) is 10.9. The lowest BCUT2D eigenvalue weighted by Gasteiger charge is -2.27. The average molecular weight is 226 g/mol. The monoisotopic (exact) mass is 226 g/mol. The maximum atomic E-state index is 5.84. The second-order valence-corrected chi connectivity index (χ2v) is 5.88. The van der Waals surface area contributed by atoms with Gasteiger partial charge in [-0.2, -0.15) is 0 Å². The Hall–Kier alpha value is -0.0800. The van der Waals surface area contributed by atoms with Gasteiger partial charge in [-0.15, -0.1) is 0 Å². The summed E-state index contributed by atoms with van der Waals surface area (Å²) in [4.78, 5) is 0. The number of hydrogen-bond acceptors (Lipinski definition) is 2. The van der Waals surface area contributed by atoms with Gasteiger partial charge in [0.05, 0.1) is 12.2 Å². The topological polar surface area (TPSA) is 18.5 Å². The minimum absolute atomic E-state index is 0.397. The highest BCUT2D eigenvalue weighted by atomic mass is 16.5. The predicted molar refractivity (Wildman–Crippen MR) is 65.4 cm³/mol. The van der Waals surface area contributed by atoms with E-state index in [0.29, 0.717) is 12.2 Å². The molecule has 1 aliphatic heterocycles. The first-order valence-electron chi connectivity index (χ1n) is 6.90. The molecule has 0 amide bonds. The Morgan fingerprint density at radius 3 is 2.50 bits per heavy atom. The molecule has 0 N–H and O–H groups in total. The van der Waals surface area contributed by atoms with Gasteiger partial charge in [0.2, 0.25) is 0 Å². The summed E-state index contributed by atoms with van der Waals surface area (Å²) in [5.41, 5.74) is 0. The Labute approximate surface area is 99.7 Å². The largest absolute Gasteiger partial charge is 0.381 e. The highest BCUT2D eigenvalue weighted by Gasteiger charge is 2.40. The highest BCUT2D eigenvalue weighted by Crippen LogP contribution is 2.42. The molecule has 0 aromatic rings. The smallest absolute Gasteiger partial charge is 0.0611 e. The lowest BCUT2D eigenvalue weighted by Crippen LogP contribution is -2.22. The molecule has 1 aliphatic carbocycles. The zero-order valence-electron chi connectivity index (χ0n) is 10.9. The maximum absolute atomic E-state index is 5.84. The molecule has 2 heteroatoms. The molecule has 0 aromatic heterocycles. The van der Waals surface area contributed by atoms with Crippen LogP contribution in [0.2, 0.25) is 0 Å². The summed E-state index contributed by atoms with van der Waals surface area (Å²) in [5.74, 6) is 2.60. The fourth-order valence-corrected chi connectivity index (χ4v) is 2.94. The van der Waals surface area contributed by atoms with Gasteiger partial charge in [-0.25, -0.2) is 0 Å². The third-order valence-electron chi connectivity index (χ3n) is 4.05. The van der Waals surface area contributed by atoms with E-state index in [1.165, 1.54) is 25.7 Å². The summed E-state index contributed by atoms with van der Waals surface area (Å²) < 4.78 is 11.3. The van der Waals surface area contributed by atoms with Crippen LogP contribution < -0.4 is 0 Å². The van der Waals surface area contributed by atoms with Gasteiger partial charge < -0.3 is 9.47 Å². The van der Waals surface area contributed by atoms with E-state index in [2.05, 4.69) is 20.8 Å². The van der Waals surface area contributed by atoms with Crippen LogP contribution in [0.3, 0.4) is 0 Å². The van der Waals surface area contributed by atoms with Gasteiger partial charge >= 0.3 is 0 Å². The Bertz CT molecular complexity index is 209. The summed E-state index contributed by atoms with van der Waals surface area (Å²) in [6, 6.07) is 0. The van der Waals surface area contributed by atoms with Gasteiger partial charge in [0.15, 0.2) is 0 Å². The summed E-state index contributed by atoms with van der Waals surface area (Å²) in [6.07, 6.45) is 6.16. The van der Waals surface area contributed by atoms with E-state index in [1.807, 2.05) is 0 Å². The Morgan fingerprint density at radius 2 is 1.88 bits per heavy atom. The molecule has 0 bridgehead atoms. The van der Waals surface area contributed by atoms with Crippen molar-refractivity contribution in [1.82, 2.24) is 0 Å². The molecule has 0 aromatic carbocycles. The summed E-state index contributed by atoms with van der Waals surface area (Å²) in [7, 11) is 0. The van der Waals surface area contributed by atoms with Gasteiger partial charge in [-0.05, 0) is 57.3 Å². The Kier molecular flexibility index (Phi) is 4.26. The molecule has 1 saturated carbocycles. The van der Waals surface area contributed by atoms with Crippen molar-refractivity contribution in [2.24, 2.45) is 17.8 Å². The van der Waals surface area contributed by atoms with Gasteiger partial charge in [-0.1, -0.05) is 6.92 Å². The quantitative estimate of drug-likeness (QED) is 0.716. The van der Waals surface area contributed by atoms with E-state index in [1.54, 1.807) is 0 Å². The second-order valence-electron chi connectivity index (χ2n) is 5.88. The van der Waals surface area contributed by atoms with Gasteiger partial charge in [-0.3, -0.25) is 0 Å². The zero-order chi connectivity index (χ0) is 11.5. The average Bonchev–Trinajstić information content (AvgIpc) is 2.96. The van der Waals surface area contributed by atoms with Crippen molar-refractivity contribution in [2.45, 2.75) is 58.7 Å². The van der Waals surface area contributed by atoms with Crippen molar-refractivity contribution in [3.63, 3.8) is 0 Å². The van der Waals surface area contributed by atoms with Crippen molar-refractivity contribution in [3.05, 3.63) is 0 Å². The molecule has 2 fully saturated rings. The molecule has 2 nitrogen and oxygen atoms in total. The van der Waals surface area contributed by atoms with Gasteiger partial charge in [0, 0.05) is 13.2 Å².